The van der Waals surface area contributed by atoms with Gasteiger partial charge in [0, 0.05) is 59.6 Å². The van der Waals surface area contributed by atoms with E-state index in [1.165, 1.54) is 0 Å². The maximum atomic E-state index is 13.9. The van der Waals surface area contributed by atoms with Crippen molar-refractivity contribution in [2.45, 2.75) is 118 Å². The normalized spacial score (nSPS) is 11.8. The van der Waals surface area contributed by atoms with Gasteiger partial charge in [0.2, 0.25) is 0 Å². The lowest BCUT2D eigenvalue weighted by Gasteiger charge is -2.23. The van der Waals surface area contributed by atoms with Crippen molar-refractivity contribution >= 4 is 34.8 Å². The molecule has 10 heteroatoms. The molecule has 0 radical (unpaired) electrons. The Balaban J connectivity index is 1.42. The number of hydrogen-bond donors (Lipinski definition) is 4. The van der Waals surface area contributed by atoms with Gasteiger partial charge in [-0.2, -0.15) is 0 Å². The highest BCUT2D eigenvalue weighted by Crippen LogP contribution is 2.40. The SMILES string of the molecule is CCCCCCOc1cc2c(NC(=O)Nc3ccccc3)cc1Cc1cccc(c1OCCC)Cc1cc(OCCCCCC)c(cc1NC(=O)Nc1ccccc1)Cc1cccc(c1OCCC)C2. The minimum atomic E-state index is -0.342. The van der Waals surface area contributed by atoms with Crippen LogP contribution >= 0.6 is 0 Å². The summed E-state index contributed by atoms with van der Waals surface area (Å²) in [5, 5.41) is 12.6. The van der Waals surface area contributed by atoms with Crippen molar-refractivity contribution in [2.24, 2.45) is 0 Å². The van der Waals surface area contributed by atoms with Crippen molar-refractivity contribution in [3.63, 3.8) is 0 Å². The first-order valence-electron chi connectivity index (χ1n) is 25.7. The number of benzene rings is 6. The van der Waals surface area contributed by atoms with Crippen LogP contribution in [0.1, 0.15) is 136 Å². The third kappa shape index (κ3) is 14.5. The second-order valence-electron chi connectivity index (χ2n) is 18.2. The molecule has 4 amide bonds. The number of hydrogen-bond acceptors (Lipinski definition) is 6. The summed E-state index contributed by atoms with van der Waals surface area (Å²) in [5.74, 6) is 3.12. The van der Waals surface area contributed by atoms with Gasteiger partial charge in [-0.15, -0.1) is 0 Å². The molecular formula is C60H72N4O6. The first-order chi connectivity index (χ1) is 34.3. The number of amides is 4. The van der Waals surface area contributed by atoms with E-state index in [1.54, 1.807) is 0 Å². The van der Waals surface area contributed by atoms with Crippen LogP contribution in [0.25, 0.3) is 0 Å². The molecule has 8 bridgehead atoms. The van der Waals surface area contributed by atoms with Crippen LogP contribution in [0.2, 0.25) is 0 Å². The van der Waals surface area contributed by atoms with E-state index in [-0.39, 0.29) is 12.1 Å². The third-order valence-electron chi connectivity index (χ3n) is 12.4. The van der Waals surface area contributed by atoms with E-state index in [0.717, 1.165) is 132 Å². The van der Waals surface area contributed by atoms with Crippen LogP contribution in [0.5, 0.6) is 23.0 Å². The van der Waals surface area contributed by atoms with Gasteiger partial charge in [-0.05, 0) is 108 Å². The number of rotatable bonds is 22. The number of carbonyl (C=O) groups excluding carboxylic acids is 2. The lowest BCUT2D eigenvalue weighted by molar-refractivity contribution is 0.261. The van der Waals surface area contributed by atoms with Crippen LogP contribution in [-0.2, 0) is 25.7 Å². The minimum Gasteiger partial charge on any atom is -0.493 e. The smallest absolute Gasteiger partial charge is 0.323 e. The molecule has 10 nitrogen and oxygen atoms in total. The molecule has 0 heterocycles. The second kappa shape index (κ2) is 26.7. The van der Waals surface area contributed by atoms with Gasteiger partial charge in [-0.3, -0.25) is 0 Å². The Morgan fingerprint density at radius 1 is 0.371 bits per heavy atom. The van der Waals surface area contributed by atoms with Gasteiger partial charge >= 0.3 is 12.1 Å². The molecule has 368 valence electrons. The molecule has 0 atom stereocenters. The van der Waals surface area contributed by atoms with E-state index in [1.807, 2.05) is 60.7 Å². The summed E-state index contributed by atoms with van der Waals surface area (Å²) in [7, 11) is 0. The Morgan fingerprint density at radius 3 is 1.13 bits per heavy atom. The third-order valence-corrected chi connectivity index (χ3v) is 12.4. The molecule has 4 aliphatic carbocycles. The Labute approximate surface area is 415 Å². The van der Waals surface area contributed by atoms with Gasteiger partial charge in [0.05, 0.1) is 26.4 Å². The molecule has 0 unspecified atom stereocenters. The molecule has 0 fully saturated rings. The Bertz CT molecular complexity index is 2440. The van der Waals surface area contributed by atoms with Gasteiger partial charge in [0.15, 0.2) is 0 Å². The number of unbranched alkanes of at least 4 members (excludes halogenated alkanes) is 6. The van der Waals surface area contributed by atoms with Gasteiger partial charge in [0.1, 0.15) is 23.0 Å². The van der Waals surface area contributed by atoms with Crippen molar-refractivity contribution in [1.82, 2.24) is 0 Å². The predicted molar refractivity (Wildman–Crippen MR) is 286 cm³/mol. The fourth-order valence-corrected chi connectivity index (χ4v) is 8.87. The van der Waals surface area contributed by atoms with Crippen LogP contribution in [0.15, 0.2) is 121 Å². The van der Waals surface area contributed by atoms with Crippen molar-refractivity contribution in [2.75, 3.05) is 47.7 Å². The monoisotopic (exact) mass is 945 g/mol. The van der Waals surface area contributed by atoms with Gasteiger partial charge in [0.25, 0.3) is 0 Å². The summed E-state index contributed by atoms with van der Waals surface area (Å²) in [4.78, 5) is 27.8. The first kappa shape index (κ1) is 50.9. The average molecular weight is 945 g/mol. The van der Waals surface area contributed by atoms with E-state index in [2.05, 4.69) is 110 Å². The fourth-order valence-electron chi connectivity index (χ4n) is 8.87. The number of carbonyl (C=O) groups is 2. The molecule has 0 aliphatic heterocycles. The summed E-state index contributed by atoms with van der Waals surface area (Å²) in [5.41, 5.74) is 10.3. The van der Waals surface area contributed by atoms with E-state index in [4.69, 9.17) is 18.9 Å². The topological polar surface area (TPSA) is 119 Å². The quantitative estimate of drug-likeness (QED) is 0.0503. The summed E-state index contributed by atoms with van der Waals surface area (Å²) in [6.07, 6.45) is 12.1. The number of anilines is 4. The van der Waals surface area contributed by atoms with Gasteiger partial charge < -0.3 is 40.2 Å². The van der Waals surface area contributed by atoms with Crippen LogP contribution in [0.3, 0.4) is 0 Å². The van der Waals surface area contributed by atoms with Gasteiger partial charge in [-0.1, -0.05) is 139 Å². The molecule has 0 saturated heterocycles. The second-order valence-corrected chi connectivity index (χ2v) is 18.2. The zero-order valence-corrected chi connectivity index (χ0v) is 41.7. The molecule has 4 N–H and O–H groups in total. The maximum absolute atomic E-state index is 13.9. The molecular weight excluding hydrogens is 873 g/mol. The average Bonchev–Trinajstić information content (AvgIpc) is 3.35. The molecule has 4 aliphatic rings. The highest BCUT2D eigenvalue weighted by molar-refractivity contribution is 6.01. The van der Waals surface area contributed by atoms with Crippen molar-refractivity contribution in [1.29, 1.82) is 0 Å². The molecule has 70 heavy (non-hydrogen) atoms. The van der Waals surface area contributed by atoms with Gasteiger partial charge in [-0.25, -0.2) is 9.59 Å². The molecule has 0 spiro atoms. The summed E-state index contributed by atoms with van der Waals surface area (Å²) in [6.45, 7) is 10.8. The number of nitrogens with one attached hydrogen (secondary N) is 4. The Morgan fingerprint density at radius 2 is 0.757 bits per heavy atom. The van der Waals surface area contributed by atoms with Crippen LogP contribution in [-0.4, -0.2) is 38.5 Å². The van der Waals surface area contributed by atoms with Crippen molar-refractivity contribution in [3.05, 3.63) is 166 Å². The molecule has 0 aromatic heterocycles. The van der Waals surface area contributed by atoms with Crippen molar-refractivity contribution in [3.8, 4) is 23.0 Å². The summed E-state index contributed by atoms with van der Waals surface area (Å²) in [6, 6.07) is 39.3. The summed E-state index contributed by atoms with van der Waals surface area (Å²) >= 11 is 0. The standard InChI is InChI=1S/C60H72N4O6/c1-5-9-11-19-33-67-55-41-47-35-43-23-22-26-46(58(43)70-32-8-4)38-50-40-54(64-60(66)62-52-29-17-14-18-30-52)48(42-56(50)68-34-20-12-10-6-2)36-44-24-21-25-45(57(44)69-31-7-3)37-49(55)39-53(47)63-59(65)61-51-27-15-13-16-28-51/h13-18,21-30,39-42H,5-12,19-20,31-38H2,1-4H3,(H2,61,63,65)(H2,62,64,66). The number of urea groups is 2. The molecule has 6 aromatic carbocycles. The molecule has 6 aromatic rings. The molecule has 10 rings (SSSR count). The minimum absolute atomic E-state index is 0.342. The lowest BCUT2D eigenvalue weighted by atomic mass is 9.91. The zero-order chi connectivity index (χ0) is 48.9. The maximum Gasteiger partial charge on any atom is 0.323 e. The highest BCUT2D eigenvalue weighted by atomic mass is 16.5. The van der Waals surface area contributed by atoms with Crippen LogP contribution in [0.4, 0.5) is 32.3 Å². The van der Waals surface area contributed by atoms with Crippen LogP contribution < -0.4 is 40.2 Å². The highest BCUT2D eigenvalue weighted by Gasteiger charge is 2.23. The van der Waals surface area contributed by atoms with Crippen molar-refractivity contribution < 1.29 is 28.5 Å². The number of para-hydroxylation sites is 4. The summed E-state index contributed by atoms with van der Waals surface area (Å²) < 4.78 is 27.0. The van der Waals surface area contributed by atoms with Crippen LogP contribution in [0, 0.1) is 0 Å². The first-order valence-corrected chi connectivity index (χ1v) is 25.7. The van der Waals surface area contributed by atoms with E-state index in [0.29, 0.717) is 74.9 Å². The largest absolute Gasteiger partial charge is 0.493 e. The van der Waals surface area contributed by atoms with E-state index >= 15 is 0 Å². The predicted octanol–water partition coefficient (Wildman–Crippen LogP) is 15.1. The Hall–Kier alpha value is -6.94. The van der Waals surface area contributed by atoms with E-state index < -0.39 is 0 Å². The zero-order valence-electron chi connectivity index (χ0n) is 41.7. The molecule has 0 saturated carbocycles. The number of ether oxygens (including phenoxy) is 4. The Kier molecular flexibility index (Phi) is 19.4. The fraction of sp³-hybridized carbons (Fsp3) is 0.367. The lowest BCUT2D eigenvalue weighted by Crippen LogP contribution is -2.21. The van der Waals surface area contributed by atoms with E-state index in [9.17, 15) is 9.59 Å².